The summed E-state index contributed by atoms with van der Waals surface area (Å²) in [6, 6.07) is 5.36. The van der Waals surface area contributed by atoms with Crippen molar-refractivity contribution in [3.8, 4) is 11.5 Å². The van der Waals surface area contributed by atoms with Crippen molar-refractivity contribution < 1.29 is 14.3 Å². The van der Waals surface area contributed by atoms with Crippen LogP contribution >= 0.6 is 0 Å². The third kappa shape index (κ3) is 2.85. The molecule has 24 heavy (non-hydrogen) atoms. The first-order valence-corrected chi connectivity index (χ1v) is 9.06. The highest BCUT2D eigenvalue weighted by atomic mass is 16.5. The van der Waals surface area contributed by atoms with Gasteiger partial charge >= 0.3 is 0 Å². The van der Waals surface area contributed by atoms with Gasteiger partial charge in [0.1, 0.15) is 11.5 Å². The Morgan fingerprint density at radius 3 is 1.92 bits per heavy atom. The van der Waals surface area contributed by atoms with Gasteiger partial charge in [0.2, 0.25) is 0 Å². The number of ether oxygens (including phenoxy) is 2. The topological polar surface area (TPSA) is 35.5 Å². The van der Waals surface area contributed by atoms with E-state index in [1.165, 1.54) is 38.5 Å². The lowest BCUT2D eigenvalue weighted by Crippen LogP contribution is -2.45. The molecule has 0 spiro atoms. The highest BCUT2D eigenvalue weighted by molar-refractivity contribution is 6.05. The number of allylic oxidation sites excluding steroid dienone is 2. The van der Waals surface area contributed by atoms with Crippen LogP contribution in [0.5, 0.6) is 11.5 Å². The summed E-state index contributed by atoms with van der Waals surface area (Å²) in [5.41, 5.74) is 0.917. The molecule has 4 aliphatic carbocycles. The van der Waals surface area contributed by atoms with Crippen LogP contribution < -0.4 is 9.47 Å². The summed E-state index contributed by atoms with van der Waals surface area (Å²) in [6.45, 7) is 0. The molecule has 4 fully saturated rings. The fourth-order valence-electron chi connectivity index (χ4n) is 5.68. The van der Waals surface area contributed by atoms with E-state index >= 15 is 0 Å². The number of rotatable bonds is 5. The second-order valence-corrected chi connectivity index (χ2v) is 8.08. The first kappa shape index (κ1) is 15.7. The number of hydrogen-bond donors (Lipinski definition) is 0. The van der Waals surface area contributed by atoms with Crippen molar-refractivity contribution in [1.82, 2.24) is 0 Å². The van der Waals surface area contributed by atoms with Crippen molar-refractivity contribution in [2.45, 2.75) is 38.5 Å². The Bertz CT molecular complexity index is 616. The van der Waals surface area contributed by atoms with Crippen molar-refractivity contribution in [1.29, 1.82) is 0 Å². The Morgan fingerprint density at radius 1 is 0.958 bits per heavy atom. The molecule has 0 aromatic heterocycles. The summed E-state index contributed by atoms with van der Waals surface area (Å²) >= 11 is 0. The molecule has 4 saturated carbocycles. The Hall–Kier alpha value is -1.77. The van der Waals surface area contributed by atoms with Gasteiger partial charge in [-0.1, -0.05) is 6.08 Å². The predicted octanol–water partition coefficient (Wildman–Crippen LogP) is 4.66. The second-order valence-electron chi connectivity index (χ2n) is 8.08. The molecule has 0 N–H and O–H groups in total. The van der Waals surface area contributed by atoms with Gasteiger partial charge in [-0.2, -0.15) is 0 Å². The van der Waals surface area contributed by atoms with Gasteiger partial charge in [0.15, 0.2) is 5.78 Å². The predicted molar refractivity (Wildman–Crippen MR) is 93.6 cm³/mol. The van der Waals surface area contributed by atoms with Gasteiger partial charge in [-0.3, -0.25) is 4.79 Å². The maximum atomic E-state index is 12.7. The first-order valence-electron chi connectivity index (χ1n) is 9.06. The third-order valence-electron chi connectivity index (χ3n) is 6.31. The van der Waals surface area contributed by atoms with Crippen molar-refractivity contribution in [2.24, 2.45) is 23.2 Å². The van der Waals surface area contributed by atoms with Crippen LogP contribution in [0.25, 0.3) is 0 Å². The monoisotopic (exact) mass is 326 g/mol. The first-order chi connectivity index (χ1) is 11.6. The average molecular weight is 326 g/mol. The molecule has 0 atom stereocenters. The van der Waals surface area contributed by atoms with Gasteiger partial charge in [-0.25, -0.2) is 0 Å². The third-order valence-corrected chi connectivity index (χ3v) is 6.31. The van der Waals surface area contributed by atoms with E-state index in [9.17, 15) is 4.79 Å². The molecule has 4 aliphatic rings. The maximum Gasteiger partial charge on any atom is 0.185 e. The average Bonchev–Trinajstić information content (AvgIpc) is 2.58. The normalized spacial score (nSPS) is 33.8. The summed E-state index contributed by atoms with van der Waals surface area (Å²) in [5.74, 6) is 4.04. The molecular formula is C21H26O3. The highest BCUT2D eigenvalue weighted by Gasteiger charge is 2.49. The smallest absolute Gasteiger partial charge is 0.185 e. The van der Waals surface area contributed by atoms with Crippen LogP contribution in [0.15, 0.2) is 30.4 Å². The second kappa shape index (κ2) is 5.94. The van der Waals surface area contributed by atoms with Gasteiger partial charge in [-0.15, -0.1) is 0 Å². The molecule has 0 radical (unpaired) electrons. The van der Waals surface area contributed by atoms with E-state index in [0.29, 0.717) is 17.1 Å². The van der Waals surface area contributed by atoms with Crippen LogP contribution in [-0.4, -0.2) is 20.0 Å². The molecule has 0 heterocycles. The lowest BCUT2D eigenvalue weighted by Gasteiger charge is -2.55. The van der Waals surface area contributed by atoms with Gasteiger partial charge in [0.25, 0.3) is 0 Å². The Kier molecular flexibility index (Phi) is 3.90. The molecule has 3 nitrogen and oxygen atoms in total. The number of carbonyl (C=O) groups is 1. The van der Waals surface area contributed by atoms with Crippen molar-refractivity contribution in [2.75, 3.05) is 14.2 Å². The number of methoxy groups -OCH3 is 2. The van der Waals surface area contributed by atoms with E-state index in [1.54, 1.807) is 38.5 Å². The summed E-state index contributed by atoms with van der Waals surface area (Å²) in [5, 5.41) is 0. The van der Waals surface area contributed by atoms with Gasteiger partial charge in [0, 0.05) is 11.6 Å². The molecule has 128 valence electrons. The SMILES string of the molecule is COc1cc(OC)cc(C(=O)C=CC23CC4CC(CC(C4)C2)C3)c1. The zero-order chi connectivity index (χ0) is 16.7. The molecule has 1 aromatic carbocycles. The van der Waals surface area contributed by atoms with Crippen LogP contribution in [0.4, 0.5) is 0 Å². The van der Waals surface area contributed by atoms with Crippen LogP contribution in [0.1, 0.15) is 48.9 Å². The molecule has 0 aliphatic heterocycles. The molecule has 4 bridgehead atoms. The largest absolute Gasteiger partial charge is 0.497 e. The van der Waals surface area contributed by atoms with Crippen LogP contribution in [-0.2, 0) is 0 Å². The zero-order valence-corrected chi connectivity index (χ0v) is 14.6. The number of ketones is 1. The van der Waals surface area contributed by atoms with E-state index in [1.807, 2.05) is 0 Å². The standard InChI is InChI=1S/C21H26O3/c1-23-18-8-17(9-19(10-18)24-2)20(22)3-4-21-11-14-5-15(12-21)7-16(6-14)13-21/h3-4,8-10,14-16H,5-7,11-13H2,1-2H3. The van der Waals surface area contributed by atoms with Gasteiger partial charge < -0.3 is 9.47 Å². The van der Waals surface area contributed by atoms with E-state index in [4.69, 9.17) is 9.47 Å². The van der Waals surface area contributed by atoms with Gasteiger partial charge in [0.05, 0.1) is 14.2 Å². The maximum absolute atomic E-state index is 12.7. The molecule has 0 amide bonds. The quantitative estimate of drug-likeness (QED) is 0.583. The Morgan fingerprint density at radius 2 is 1.46 bits per heavy atom. The van der Waals surface area contributed by atoms with E-state index in [2.05, 4.69) is 6.08 Å². The lowest BCUT2D eigenvalue weighted by atomic mass is 9.49. The fraction of sp³-hybridized carbons (Fsp3) is 0.571. The van der Waals surface area contributed by atoms with E-state index in [0.717, 1.165) is 17.8 Å². The lowest BCUT2D eigenvalue weighted by molar-refractivity contribution is -0.0238. The summed E-state index contributed by atoms with van der Waals surface area (Å²) in [6.07, 6.45) is 12.2. The van der Waals surface area contributed by atoms with Gasteiger partial charge in [-0.05, 0) is 79.9 Å². The summed E-state index contributed by atoms with van der Waals surface area (Å²) in [4.78, 5) is 12.7. The molecule has 0 saturated heterocycles. The van der Waals surface area contributed by atoms with Crippen molar-refractivity contribution in [3.05, 3.63) is 35.9 Å². The van der Waals surface area contributed by atoms with E-state index in [-0.39, 0.29) is 11.2 Å². The van der Waals surface area contributed by atoms with Crippen LogP contribution in [0.3, 0.4) is 0 Å². The Balaban J connectivity index is 1.55. The Labute approximate surface area is 144 Å². The molecule has 5 rings (SSSR count). The van der Waals surface area contributed by atoms with Crippen LogP contribution in [0, 0.1) is 23.2 Å². The molecule has 1 aromatic rings. The van der Waals surface area contributed by atoms with Crippen molar-refractivity contribution in [3.63, 3.8) is 0 Å². The fourth-order valence-corrected chi connectivity index (χ4v) is 5.68. The van der Waals surface area contributed by atoms with Crippen LogP contribution in [0.2, 0.25) is 0 Å². The van der Waals surface area contributed by atoms with Crippen molar-refractivity contribution >= 4 is 5.78 Å². The minimum Gasteiger partial charge on any atom is -0.497 e. The highest BCUT2D eigenvalue weighted by Crippen LogP contribution is 2.60. The summed E-state index contributed by atoms with van der Waals surface area (Å²) < 4.78 is 10.5. The molecule has 0 unspecified atom stereocenters. The number of benzene rings is 1. The number of hydrogen-bond acceptors (Lipinski definition) is 3. The minimum absolute atomic E-state index is 0.0444. The molecular weight excluding hydrogens is 300 g/mol. The summed E-state index contributed by atoms with van der Waals surface area (Å²) in [7, 11) is 3.21. The number of carbonyl (C=O) groups excluding carboxylic acids is 1. The minimum atomic E-state index is 0.0444. The van der Waals surface area contributed by atoms with E-state index < -0.39 is 0 Å². The molecule has 3 heteroatoms. The zero-order valence-electron chi connectivity index (χ0n) is 14.6.